The number of nitrogens with zero attached hydrogens (tertiary/aromatic N) is 1. The third-order valence-corrected chi connectivity index (χ3v) is 5.74. The topological polar surface area (TPSA) is 69.6 Å². The van der Waals surface area contributed by atoms with Crippen molar-refractivity contribution >= 4 is 11.9 Å². The number of rotatable bonds is 6. The Balaban J connectivity index is 1.34. The standard InChI is InChI=1S/C20H28N2O3/c23-19(17-6-7-18(14-17)20(24)25)21-10-13-22-11-8-16(9-12-22)15-4-2-1-3-5-15/h1-5,16-18H,6-14H2,(H,21,23)(H,24,25)/t17-,18+/m0/s1. The average Bonchev–Trinajstić information content (AvgIpc) is 3.14. The first-order valence-electron chi connectivity index (χ1n) is 9.41. The Morgan fingerprint density at radius 3 is 2.36 bits per heavy atom. The summed E-state index contributed by atoms with van der Waals surface area (Å²) in [6.45, 7) is 3.67. The molecule has 1 saturated carbocycles. The summed E-state index contributed by atoms with van der Waals surface area (Å²) in [5.41, 5.74) is 1.43. The molecular formula is C20H28N2O3. The summed E-state index contributed by atoms with van der Waals surface area (Å²) in [5, 5.41) is 12.0. The number of hydrogen-bond donors (Lipinski definition) is 2. The quantitative estimate of drug-likeness (QED) is 0.832. The van der Waals surface area contributed by atoms with Gasteiger partial charge in [-0.15, -0.1) is 0 Å². The number of piperidine rings is 1. The largest absolute Gasteiger partial charge is 0.481 e. The molecule has 2 aliphatic rings. The molecule has 0 radical (unpaired) electrons. The molecule has 25 heavy (non-hydrogen) atoms. The normalized spacial score (nSPS) is 25.0. The van der Waals surface area contributed by atoms with Gasteiger partial charge in [0, 0.05) is 19.0 Å². The number of carbonyl (C=O) groups is 2. The molecule has 1 amide bonds. The zero-order valence-electron chi connectivity index (χ0n) is 14.7. The monoisotopic (exact) mass is 344 g/mol. The van der Waals surface area contributed by atoms with Gasteiger partial charge in [0.1, 0.15) is 0 Å². The van der Waals surface area contributed by atoms with Gasteiger partial charge >= 0.3 is 5.97 Å². The van der Waals surface area contributed by atoms with Crippen LogP contribution in [0.25, 0.3) is 0 Å². The van der Waals surface area contributed by atoms with Crippen molar-refractivity contribution in [2.45, 2.75) is 38.0 Å². The van der Waals surface area contributed by atoms with Crippen molar-refractivity contribution in [1.29, 1.82) is 0 Å². The minimum Gasteiger partial charge on any atom is -0.481 e. The molecule has 5 nitrogen and oxygen atoms in total. The second-order valence-corrected chi connectivity index (χ2v) is 7.36. The zero-order chi connectivity index (χ0) is 17.6. The summed E-state index contributed by atoms with van der Waals surface area (Å²) >= 11 is 0. The fraction of sp³-hybridized carbons (Fsp3) is 0.600. The van der Waals surface area contributed by atoms with Crippen molar-refractivity contribution in [3.63, 3.8) is 0 Å². The molecule has 1 aromatic carbocycles. The SMILES string of the molecule is O=C(O)[C@@H]1CC[C@H](C(=O)NCCN2CCC(c3ccccc3)CC2)C1. The van der Waals surface area contributed by atoms with Crippen LogP contribution in [0.4, 0.5) is 0 Å². The summed E-state index contributed by atoms with van der Waals surface area (Å²) in [4.78, 5) is 25.6. The number of carboxylic acid groups (broad SMARTS) is 1. The van der Waals surface area contributed by atoms with Crippen LogP contribution >= 0.6 is 0 Å². The second-order valence-electron chi connectivity index (χ2n) is 7.36. The smallest absolute Gasteiger partial charge is 0.306 e. The van der Waals surface area contributed by atoms with E-state index in [2.05, 4.69) is 40.5 Å². The molecular weight excluding hydrogens is 316 g/mol. The van der Waals surface area contributed by atoms with E-state index in [1.54, 1.807) is 0 Å². The molecule has 0 spiro atoms. The van der Waals surface area contributed by atoms with Crippen LogP contribution in [-0.4, -0.2) is 48.1 Å². The lowest BCUT2D eigenvalue weighted by molar-refractivity contribution is -0.141. The molecule has 2 fully saturated rings. The van der Waals surface area contributed by atoms with Crippen LogP contribution in [0, 0.1) is 11.8 Å². The molecule has 1 saturated heterocycles. The van der Waals surface area contributed by atoms with Crippen molar-refractivity contribution in [2.24, 2.45) is 11.8 Å². The maximum Gasteiger partial charge on any atom is 0.306 e. The number of carboxylic acids is 1. The fourth-order valence-corrected chi connectivity index (χ4v) is 4.14. The van der Waals surface area contributed by atoms with Gasteiger partial charge in [0.25, 0.3) is 0 Å². The van der Waals surface area contributed by atoms with Gasteiger partial charge < -0.3 is 15.3 Å². The van der Waals surface area contributed by atoms with Crippen LogP contribution in [-0.2, 0) is 9.59 Å². The van der Waals surface area contributed by atoms with Crippen LogP contribution in [0.1, 0.15) is 43.6 Å². The molecule has 1 aliphatic carbocycles. The van der Waals surface area contributed by atoms with Crippen molar-refractivity contribution in [3.8, 4) is 0 Å². The predicted molar refractivity (Wildman–Crippen MR) is 96.3 cm³/mol. The third kappa shape index (κ3) is 4.82. The number of aliphatic carboxylic acids is 1. The van der Waals surface area contributed by atoms with Crippen molar-refractivity contribution in [2.75, 3.05) is 26.2 Å². The number of benzene rings is 1. The highest BCUT2D eigenvalue weighted by Crippen LogP contribution is 2.31. The number of carbonyl (C=O) groups excluding carboxylic acids is 1. The lowest BCUT2D eigenvalue weighted by Gasteiger charge is -2.32. The van der Waals surface area contributed by atoms with Gasteiger partial charge in [-0.25, -0.2) is 0 Å². The predicted octanol–water partition coefficient (Wildman–Crippen LogP) is 2.48. The van der Waals surface area contributed by atoms with E-state index in [1.165, 1.54) is 18.4 Å². The number of likely N-dealkylation sites (tertiary alicyclic amines) is 1. The van der Waals surface area contributed by atoms with Crippen LogP contribution in [0.2, 0.25) is 0 Å². The lowest BCUT2D eigenvalue weighted by atomic mass is 9.89. The summed E-state index contributed by atoms with van der Waals surface area (Å²) in [6, 6.07) is 10.7. The van der Waals surface area contributed by atoms with Gasteiger partial charge in [-0.1, -0.05) is 30.3 Å². The molecule has 5 heteroatoms. The van der Waals surface area contributed by atoms with E-state index >= 15 is 0 Å². The zero-order valence-corrected chi connectivity index (χ0v) is 14.7. The Kier molecular flexibility index (Phi) is 6.08. The van der Waals surface area contributed by atoms with Gasteiger partial charge in [0.2, 0.25) is 5.91 Å². The van der Waals surface area contributed by atoms with E-state index in [0.717, 1.165) is 19.6 Å². The first kappa shape index (κ1) is 17.9. The minimum absolute atomic E-state index is 0.0305. The molecule has 3 rings (SSSR count). The first-order valence-corrected chi connectivity index (χ1v) is 9.41. The van der Waals surface area contributed by atoms with Gasteiger partial charge in [0.05, 0.1) is 5.92 Å². The Hall–Kier alpha value is -1.88. The number of nitrogens with one attached hydrogen (secondary N) is 1. The van der Waals surface area contributed by atoms with Crippen LogP contribution in [0.3, 0.4) is 0 Å². The molecule has 0 aromatic heterocycles. The van der Waals surface area contributed by atoms with Gasteiger partial charge in [-0.2, -0.15) is 0 Å². The Labute approximate surface area is 149 Å². The summed E-state index contributed by atoms with van der Waals surface area (Å²) in [5.74, 6) is -0.546. The van der Waals surface area contributed by atoms with E-state index in [4.69, 9.17) is 5.11 Å². The maximum atomic E-state index is 12.2. The van der Waals surface area contributed by atoms with E-state index < -0.39 is 5.97 Å². The van der Waals surface area contributed by atoms with E-state index in [9.17, 15) is 9.59 Å². The molecule has 0 bridgehead atoms. The minimum atomic E-state index is -0.767. The fourth-order valence-electron chi connectivity index (χ4n) is 4.14. The highest BCUT2D eigenvalue weighted by Gasteiger charge is 2.33. The van der Waals surface area contributed by atoms with Crippen LogP contribution in [0.15, 0.2) is 30.3 Å². The Morgan fingerprint density at radius 1 is 1.04 bits per heavy atom. The van der Waals surface area contributed by atoms with Crippen LogP contribution in [0.5, 0.6) is 0 Å². The van der Waals surface area contributed by atoms with Gasteiger partial charge in [0.15, 0.2) is 0 Å². The summed E-state index contributed by atoms with van der Waals surface area (Å²) < 4.78 is 0. The molecule has 136 valence electrons. The van der Waals surface area contributed by atoms with E-state index in [1.807, 2.05) is 0 Å². The van der Waals surface area contributed by atoms with Crippen LogP contribution < -0.4 is 5.32 Å². The molecule has 2 N–H and O–H groups in total. The van der Waals surface area contributed by atoms with Gasteiger partial charge in [-0.05, 0) is 56.7 Å². The Bertz CT molecular complexity index is 582. The summed E-state index contributed by atoms with van der Waals surface area (Å²) in [7, 11) is 0. The maximum absolute atomic E-state index is 12.2. The lowest BCUT2D eigenvalue weighted by Crippen LogP contribution is -2.40. The second kappa shape index (κ2) is 8.48. The molecule has 1 aromatic rings. The Morgan fingerprint density at radius 2 is 1.72 bits per heavy atom. The molecule has 1 aliphatic heterocycles. The van der Waals surface area contributed by atoms with Crippen molar-refractivity contribution in [3.05, 3.63) is 35.9 Å². The molecule has 0 unspecified atom stereocenters. The summed E-state index contributed by atoms with van der Waals surface area (Å²) in [6.07, 6.45) is 4.15. The highest BCUT2D eigenvalue weighted by molar-refractivity contribution is 5.80. The van der Waals surface area contributed by atoms with Crippen molar-refractivity contribution < 1.29 is 14.7 Å². The molecule has 1 heterocycles. The number of hydrogen-bond acceptors (Lipinski definition) is 3. The van der Waals surface area contributed by atoms with Gasteiger partial charge in [-0.3, -0.25) is 9.59 Å². The average molecular weight is 344 g/mol. The van der Waals surface area contributed by atoms with Crippen molar-refractivity contribution in [1.82, 2.24) is 10.2 Å². The molecule has 2 atom stereocenters. The third-order valence-electron chi connectivity index (χ3n) is 5.74. The number of amides is 1. The van der Waals surface area contributed by atoms with E-state index in [-0.39, 0.29) is 17.7 Å². The highest BCUT2D eigenvalue weighted by atomic mass is 16.4. The van der Waals surface area contributed by atoms with E-state index in [0.29, 0.717) is 31.7 Å². The first-order chi connectivity index (χ1) is 12.1.